The molecule has 1 aromatic heterocycles. The second-order valence-corrected chi connectivity index (χ2v) is 5.59. The molecule has 0 radical (unpaired) electrons. The van der Waals surface area contributed by atoms with Crippen molar-refractivity contribution < 1.29 is 18.8 Å². The van der Waals surface area contributed by atoms with Crippen LogP contribution in [0.2, 0.25) is 5.02 Å². The third-order valence-corrected chi connectivity index (χ3v) is 3.74. The number of carbonyl (C=O) groups excluding carboxylic acids is 2. The van der Waals surface area contributed by atoms with Crippen LogP contribution in [0.25, 0.3) is 0 Å². The number of methoxy groups -OCH3 is 1. The number of halogens is 1. The third kappa shape index (κ3) is 4.26. The van der Waals surface area contributed by atoms with Gasteiger partial charge in [-0.25, -0.2) is 0 Å². The average Bonchev–Trinajstić information content (AvgIpc) is 2.89. The minimum atomic E-state index is -0.514. The third-order valence-electron chi connectivity index (χ3n) is 3.50. The summed E-state index contributed by atoms with van der Waals surface area (Å²) in [5, 5.41) is 4.23. The van der Waals surface area contributed by atoms with Crippen LogP contribution in [0.1, 0.15) is 33.8 Å². The summed E-state index contributed by atoms with van der Waals surface area (Å²) in [6.07, 6.45) is 0.666. The highest BCUT2D eigenvalue weighted by Crippen LogP contribution is 2.22. The number of aromatic nitrogens is 1. The Labute approximate surface area is 144 Å². The normalized spacial score (nSPS) is 10.3. The zero-order chi connectivity index (χ0) is 17.7. The summed E-state index contributed by atoms with van der Waals surface area (Å²) in [7, 11) is 1.45. The van der Waals surface area contributed by atoms with E-state index in [-0.39, 0.29) is 17.9 Å². The molecule has 0 saturated heterocycles. The topological polar surface area (TPSA) is 93.5 Å². The van der Waals surface area contributed by atoms with E-state index in [1.54, 1.807) is 19.1 Å². The van der Waals surface area contributed by atoms with Crippen LogP contribution in [0, 0.1) is 13.8 Å². The van der Waals surface area contributed by atoms with Crippen molar-refractivity contribution in [3.63, 3.8) is 0 Å². The number of benzene rings is 1. The van der Waals surface area contributed by atoms with Gasteiger partial charge in [-0.2, -0.15) is 0 Å². The Kier molecular flexibility index (Phi) is 5.81. The largest absolute Gasteiger partial charge is 0.496 e. The molecule has 0 unspecified atom stereocenters. The molecule has 0 bridgehead atoms. The van der Waals surface area contributed by atoms with Gasteiger partial charge in [0.25, 0.3) is 5.91 Å². The first kappa shape index (κ1) is 17.8. The van der Waals surface area contributed by atoms with Crippen LogP contribution < -0.4 is 15.6 Å². The fourth-order valence-corrected chi connectivity index (χ4v) is 2.38. The summed E-state index contributed by atoms with van der Waals surface area (Å²) in [5.74, 6) is 0.208. The van der Waals surface area contributed by atoms with E-state index in [0.29, 0.717) is 23.0 Å². The number of carbonyl (C=O) groups is 2. The monoisotopic (exact) mass is 351 g/mol. The Bertz CT molecular complexity index is 738. The van der Waals surface area contributed by atoms with E-state index in [1.165, 1.54) is 13.2 Å². The molecule has 0 aliphatic heterocycles. The molecule has 128 valence electrons. The van der Waals surface area contributed by atoms with E-state index in [0.717, 1.165) is 11.3 Å². The number of hydrogen-bond donors (Lipinski definition) is 2. The van der Waals surface area contributed by atoms with E-state index in [2.05, 4.69) is 16.0 Å². The molecule has 0 aliphatic carbocycles. The van der Waals surface area contributed by atoms with Gasteiger partial charge in [0, 0.05) is 17.0 Å². The lowest BCUT2D eigenvalue weighted by atomic mass is 10.1. The van der Waals surface area contributed by atoms with Gasteiger partial charge in [0.2, 0.25) is 5.91 Å². The van der Waals surface area contributed by atoms with Gasteiger partial charge in [0.1, 0.15) is 11.5 Å². The summed E-state index contributed by atoms with van der Waals surface area (Å²) >= 11 is 5.88. The first-order chi connectivity index (χ1) is 11.4. The second-order valence-electron chi connectivity index (χ2n) is 5.15. The number of aryl methyl sites for hydroxylation is 2. The highest BCUT2D eigenvalue weighted by Gasteiger charge is 2.15. The van der Waals surface area contributed by atoms with E-state index in [4.69, 9.17) is 20.9 Å². The molecule has 8 heteroatoms. The summed E-state index contributed by atoms with van der Waals surface area (Å²) in [4.78, 5) is 24.0. The van der Waals surface area contributed by atoms with Crippen LogP contribution in [0.5, 0.6) is 5.75 Å². The molecule has 0 spiro atoms. The van der Waals surface area contributed by atoms with Crippen molar-refractivity contribution in [3.8, 4) is 5.75 Å². The molecular formula is C16H18ClN3O4. The zero-order valence-corrected chi connectivity index (χ0v) is 14.4. The number of rotatable bonds is 5. The van der Waals surface area contributed by atoms with Crippen LogP contribution in [0.4, 0.5) is 0 Å². The van der Waals surface area contributed by atoms with Gasteiger partial charge < -0.3 is 9.26 Å². The lowest BCUT2D eigenvalue weighted by Crippen LogP contribution is -2.41. The smallest absolute Gasteiger partial charge is 0.273 e. The van der Waals surface area contributed by atoms with Crippen molar-refractivity contribution in [1.29, 1.82) is 0 Å². The molecule has 0 saturated carbocycles. The lowest BCUT2D eigenvalue weighted by Gasteiger charge is -2.10. The van der Waals surface area contributed by atoms with Crippen molar-refractivity contribution in [1.82, 2.24) is 16.0 Å². The fraction of sp³-hybridized carbons (Fsp3) is 0.312. The van der Waals surface area contributed by atoms with E-state index in [9.17, 15) is 9.59 Å². The minimum Gasteiger partial charge on any atom is -0.496 e. The summed E-state index contributed by atoms with van der Waals surface area (Å²) in [6, 6.07) is 4.65. The zero-order valence-electron chi connectivity index (χ0n) is 13.6. The highest BCUT2D eigenvalue weighted by atomic mass is 35.5. The van der Waals surface area contributed by atoms with Crippen LogP contribution >= 0.6 is 11.6 Å². The van der Waals surface area contributed by atoms with Gasteiger partial charge in [0.15, 0.2) is 0 Å². The second kappa shape index (κ2) is 7.83. The number of hydrogen-bond acceptors (Lipinski definition) is 5. The van der Waals surface area contributed by atoms with Crippen LogP contribution in [-0.4, -0.2) is 24.1 Å². The first-order valence-electron chi connectivity index (χ1n) is 7.27. The van der Waals surface area contributed by atoms with Crippen LogP contribution in [0.3, 0.4) is 0 Å². The van der Waals surface area contributed by atoms with Crippen molar-refractivity contribution in [2.45, 2.75) is 26.7 Å². The van der Waals surface area contributed by atoms with Gasteiger partial charge >= 0.3 is 0 Å². The average molecular weight is 352 g/mol. The van der Waals surface area contributed by atoms with Crippen molar-refractivity contribution in [2.75, 3.05) is 7.11 Å². The molecule has 0 atom stereocenters. The van der Waals surface area contributed by atoms with Crippen molar-refractivity contribution in [3.05, 3.63) is 45.8 Å². The maximum Gasteiger partial charge on any atom is 0.273 e. The molecule has 2 amide bonds. The molecule has 24 heavy (non-hydrogen) atoms. The predicted octanol–water partition coefficient (Wildman–Crippen LogP) is 2.35. The van der Waals surface area contributed by atoms with Crippen molar-refractivity contribution in [2.24, 2.45) is 0 Å². The maximum absolute atomic E-state index is 12.1. The Hall–Kier alpha value is -2.54. The Morgan fingerprint density at radius 3 is 2.67 bits per heavy atom. The molecule has 7 nitrogen and oxygen atoms in total. The highest BCUT2D eigenvalue weighted by molar-refractivity contribution is 6.31. The van der Waals surface area contributed by atoms with E-state index >= 15 is 0 Å². The van der Waals surface area contributed by atoms with E-state index < -0.39 is 5.91 Å². The molecule has 2 rings (SSSR count). The van der Waals surface area contributed by atoms with Gasteiger partial charge in [-0.15, -0.1) is 0 Å². The SMILES string of the molecule is COc1ccc(Cl)cc1C(=O)NNC(=O)CCc1c(C)noc1C. The van der Waals surface area contributed by atoms with E-state index in [1.807, 2.05) is 6.92 Å². The maximum atomic E-state index is 12.1. The van der Waals surface area contributed by atoms with Gasteiger partial charge in [-0.05, 0) is 38.5 Å². The number of nitrogens with zero attached hydrogens (tertiary/aromatic N) is 1. The molecule has 2 aromatic rings. The number of amides is 2. The Balaban J connectivity index is 1.90. The predicted molar refractivity (Wildman–Crippen MR) is 87.9 cm³/mol. The summed E-state index contributed by atoms with van der Waals surface area (Å²) in [5.41, 5.74) is 6.59. The lowest BCUT2D eigenvalue weighted by molar-refractivity contribution is -0.121. The van der Waals surface area contributed by atoms with Gasteiger partial charge in [0.05, 0.1) is 18.4 Å². The summed E-state index contributed by atoms with van der Waals surface area (Å²) < 4.78 is 10.1. The minimum absolute atomic E-state index is 0.190. The van der Waals surface area contributed by atoms with Gasteiger partial charge in [-0.1, -0.05) is 16.8 Å². The molecular weight excluding hydrogens is 334 g/mol. The van der Waals surface area contributed by atoms with Crippen molar-refractivity contribution >= 4 is 23.4 Å². The van der Waals surface area contributed by atoms with Gasteiger partial charge in [-0.3, -0.25) is 20.4 Å². The number of hydrazine groups is 1. The molecule has 1 heterocycles. The molecule has 1 aromatic carbocycles. The number of ether oxygens (including phenoxy) is 1. The molecule has 0 fully saturated rings. The number of nitrogens with one attached hydrogen (secondary N) is 2. The van der Waals surface area contributed by atoms with Crippen LogP contribution in [0.15, 0.2) is 22.7 Å². The van der Waals surface area contributed by atoms with Crippen LogP contribution in [-0.2, 0) is 11.2 Å². The summed E-state index contributed by atoms with van der Waals surface area (Å²) in [6.45, 7) is 3.61. The Morgan fingerprint density at radius 1 is 1.29 bits per heavy atom. The quantitative estimate of drug-likeness (QED) is 0.806. The Morgan fingerprint density at radius 2 is 2.04 bits per heavy atom. The molecule has 0 aliphatic rings. The molecule has 2 N–H and O–H groups in total. The fourth-order valence-electron chi connectivity index (χ4n) is 2.21. The standard InChI is InChI=1S/C16H18ClN3O4/c1-9-12(10(2)24-20-9)5-7-15(21)18-19-16(22)13-8-11(17)4-6-14(13)23-3/h4,6,8H,5,7H2,1-3H3,(H,18,21)(H,19,22). The first-order valence-corrected chi connectivity index (χ1v) is 7.64.